The van der Waals surface area contributed by atoms with Gasteiger partial charge in [0.25, 0.3) is 0 Å². The summed E-state index contributed by atoms with van der Waals surface area (Å²) in [6.45, 7) is 6.88. The Kier molecular flexibility index (Phi) is 6.99. The van der Waals surface area contributed by atoms with Gasteiger partial charge in [0.2, 0.25) is 15.8 Å². The molecule has 2 aliphatic rings. The van der Waals surface area contributed by atoms with E-state index in [2.05, 4.69) is 4.57 Å². The second-order valence-electron chi connectivity index (χ2n) is 8.23. The van der Waals surface area contributed by atoms with Gasteiger partial charge in [0.1, 0.15) is 5.75 Å². The first kappa shape index (κ1) is 23.0. The molecule has 8 nitrogen and oxygen atoms in total. The van der Waals surface area contributed by atoms with Crippen LogP contribution >= 0.6 is 0 Å². The third-order valence-corrected chi connectivity index (χ3v) is 8.00. The van der Waals surface area contributed by atoms with Crippen molar-refractivity contribution >= 4 is 15.8 Å². The van der Waals surface area contributed by atoms with Crippen LogP contribution in [0, 0.1) is 13.8 Å². The molecule has 1 aromatic heterocycles. The van der Waals surface area contributed by atoms with Gasteiger partial charge in [-0.3, -0.25) is 4.79 Å². The van der Waals surface area contributed by atoms with Gasteiger partial charge in [-0.05, 0) is 57.0 Å². The molecule has 0 aliphatic carbocycles. The zero-order chi connectivity index (χ0) is 22.7. The van der Waals surface area contributed by atoms with Gasteiger partial charge in [-0.15, -0.1) is 0 Å². The van der Waals surface area contributed by atoms with Crippen LogP contribution in [0.2, 0.25) is 0 Å². The number of Topliss-reactive ketones (excluding diaryl/α,β-unsaturated/α-hetero) is 1. The van der Waals surface area contributed by atoms with E-state index in [1.807, 2.05) is 19.9 Å². The molecule has 32 heavy (non-hydrogen) atoms. The van der Waals surface area contributed by atoms with Crippen LogP contribution in [-0.2, 0) is 26.0 Å². The lowest BCUT2D eigenvalue weighted by Crippen LogP contribution is -2.40. The van der Waals surface area contributed by atoms with Crippen LogP contribution in [0.4, 0.5) is 0 Å². The van der Waals surface area contributed by atoms with Crippen molar-refractivity contribution in [3.8, 4) is 5.75 Å². The Morgan fingerprint density at radius 1 is 1.12 bits per heavy atom. The summed E-state index contributed by atoms with van der Waals surface area (Å²) in [6.07, 6.45) is 2.32. The molecule has 1 unspecified atom stereocenters. The maximum atomic E-state index is 12.8. The minimum absolute atomic E-state index is 0.110. The van der Waals surface area contributed by atoms with Crippen molar-refractivity contribution in [1.29, 1.82) is 0 Å². The molecule has 174 valence electrons. The zero-order valence-electron chi connectivity index (χ0n) is 18.6. The van der Waals surface area contributed by atoms with Crippen molar-refractivity contribution < 1.29 is 27.4 Å². The molecule has 2 saturated heterocycles. The van der Waals surface area contributed by atoms with Gasteiger partial charge in [0.05, 0.1) is 24.2 Å². The summed E-state index contributed by atoms with van der Waals surface area (Å²) in [4.78, 5) is 13.0. The lowest BCUT2D eigenvalue weighted by molar-refractivity contribution is 0.0730. The Hall–Kier alpha value is -2.20. The van der Waals surface area contributed by atoms with E-state index in [1.165, 1.54) is 16.4 Å². The molecule has 3 heterocycles. The van der Waals surface area contributed by atoms with Crippen LogP contribution < -0.4 is 4.74 Å². The molecular formula is C23H30N2O6S. The number of hydrogen-bond acceptors (Lipinski definition) is 6. The first-order chi connectivity index (χ1) is 15.4. The number of aryl methyl sites for hydroxylation is 1. The predicted molar refractivity (Wildman–Crippen MR) is 119 cm³/mol. The molecule has 0 spiro atoms. The SMILES string of the molecule is Cc1cc(C(=O)COc2ccc(S(=O)(=O)N3CCOCC3)cc2)c(C)n1CC1CCCO1. The van der Waals surface area contributed by atoms with Crippen LogP contribution in [-0.4, -0.2) is 68.7 Å². The summed E-state index contributed by atoms with van der Waals surface area (Å²) in [5.74, 6) is 0.342. The maximum absolute atomic E-state index is 12.8. The lowest BCUT2D eigenvalue weighted by Gasteiger charge is -2.26. The van der Waals surface area contributed by atoms with E-state index in [4.69, 9.17) is 14.2 Å². The third-order valence-electron chi connectivity index (χ3n) is 6.09. The zero-order valence-corrected chi connectivity index (χ0v) is 19.4. The van der Waals surface area contributed by atoms with Crippen molar-refractivity contribution in [2.45, 2.75) is 44.2 Å². The standard InChI is InChI=1S/C23H30N2O6S/c1-17-14-22(18(2)25(17)15-20-4-3-11-30-20)23(26)16-31-19-5-7-21(8-6-19)32(27,28)24-9-12-29-13-10-24/h5-8,14,20H,3-4,9-13,15-16H2,1-2H3. The Labute approximate surface area is 189 Å². The van der Waals surface area contributed by atoms with Crippen LogP contribution in [0.1, 0.15) is 34.6 Å². The molecule has 9 heteroatoms. The second-order valence-corrected chi connectivity index (χ2v) is 10.2. The minimum atomic E-state index is -3.55. The van der Waals surface area contributed by atoms with Gasteiger partial charge >= 0.3 is 0 Å². The normalized spacial score (nSPS) is 19.9. The van der Waals surface area contributed by atoms with Crippen LogP contribution in [0.25, 0.3) is 0 Å². The topological polar surface area (TPSA) is 87.1 Å². The number of aromatic nitrogens is 1. The van der Waals surface area contributed by atoms with Crippen LogP contribution in [0.15, 0.2) is 35.2 Å². The Balaban J connectivity index is 1.38. The maximum Gasteiger partial charge on any atom is 0.243 e. The molecule has 0 bridgehead atoms. The molecule has 0 saturated carbocycles. The molecular weight excluding hydrogens is 432 g/mol. The summed E-state index contributed by atoms with van der Waals surface area (Å²) in [5.41, 5.74) is 2.59. The summed E-state index contributed by atoms with van der Waals surface area (Å²) < 4.78 is 45.6. The molecule has 0 amide bonds. The van der Waals surface area contributed by atoms with Crippen molar-refractivity contribution in [1.82, 2.24) is 8.87 Å². The Morgan fingerprint density at radius 3 is 2.50 bits per heavy atom. The number of ketones is 1. The smallest absolute Gasteiger partial charge is 0.243 e. The molecule has 2 fully saturated rings. The number of carbonyl (C=O) groups excluding carboxylic acids is 1. The number of nitrogens with zero attached hydrogens (tertiary/aromatic N) is 2. The molecule has 1 aromatic carbocycles. The van der Waals surface area contributed by atoms with Crippen molar-refractivity contribution in [2.24, 2.45) is 0 Å². The second kappa shape index (κ2) is 9.74. The Morgan fingerprint density at radius 2 is 1.84 bits per heavy atom. The quantitative estimate of drug-likeness (QED) is 0.561. The Bertz CT molecular complexity index is 1050. The van der Waals surface area contributed by atoms with Gasteiger partial charge in [0.15, 0.2) is 6.61 Å². The summed E-state index contributed by atoms with van der Waals surface area (Å²) in [5, 5.41) is 0. The number of ether oxygens (including phenoxy) is 3. The molecule has 4 rings (SSSR count). The average molecular weight is 463 g/mol. The number of carbonyl (C=O) groups is 1. The number of rotatable bonds is 8. The highest BCUT2D eigenvalue weighted by Crippen LogP contribution is 2.23. The number of sulfonamides is 1. The van der Waals surface area contributed by atoms with Crippen molar-refractivity contribution in [3.05, 3.63) is 47.3 Å². The van der Waals surface area contributed by atoms with Gasteiger partial charge < -0.3 is 18.8 Å². The predicted octanol–water partition coefficient (Wildman–Crippen LogP) is 2.57. The summed E-state index contributed by atoms with van der Waals surface area (Å²) in [6, 6.07) is 8.09. The molecule has 0 N–H and O–H groups in total. The van der Waals surface area contributed by atoms with E-state index >= 15 is 0 Å². The number of benzene rings is 1. The number of hydrogen-bond donors (Lipinski definition) is 0. The fourth-order valence-electron chi connectivity index (χ4n) is 4.23. The average Bonchev–Trinajstić information content (AvgIpc) is 3.42. The van der Waals surface area contributed by atoms with E-state index in [0.717, 1.165) is 37.4 Å². The summed E-state index contributed by atoms with van der Waals surface area (Å²) >= 11 is 0. The number of morpholine rings is 1. The summed E-state index contributed by atoms with van der Waals surface area (Å²) in [7, 11) is -3.55. The van der Waals surface area contributed by atoms with Crippen molar-refractivity contribution in [2.75, 3.05) is 39.5 Å². The molecule has 2 aromatic rings. The van der Waals surface area contributed by atoms with Gasteiger partial charge in [-0.25, -0.2) is 8.42 Å². The van der Waals surface area contributed by atoms with Gasteiger partial charge in [0, 0.05) is 43.2 Å². The lowest BCUT2D eigenvalue weighted by atomic mass is 10.1. The molecule has 1 atom stereocenters. The highest BCUT2D eigenvalue weighted by Gasteiger charge is 2.26. The van der Waals surface area contributed by atoms with E-state index in [-0.39, 0.29) is 23.4 Å². The monoisotopic (exact) mass is 462 g/mol. The fourth-order valence-corrected chi connectivity index (χ4v) is 5.63. The molecule has 2 aliphatic heterocycles. The first-order valence-corrected chi connectivity index (χ1v) is 12.4. The largest absolute Gasteiger partial charge is 0.485 e. The van der Waals surface area contributed by atoms with Crippen LogP contribution in [0.5, 0.6) is 5.75 Å². The van der Waals surface area contributed by atoms with Gasteiger partial charge in [-0.2, -0.15) is 4.31 Å². The molecule has 0 radical (unpaired) electrons. The minimum Gasteiger partial charge on any atom is -0.485 e. The van der Waals surface area contributed by atoms with E-state index < -0.39 is 10.0 Å². The first-order valence-electron chi connectivity index (χ1n) is 11.0. The third kappa shape index (κ3) is 4.91. The fraction of sp³-hybridized carbons (Fsp3) is 0.522. The van der Waals surface area contributed by atoms with Crippen molar-refractivity contribution in [3.63, 3.8) is 0 Å². The van der Waals surface area contributed by atoms with Crippen LogP contribution in [0.3, 0.4) is 0 Å². The van der Waals surface area contributed by atoms with E-state index in [1.54, 1.807) is 12.1 Å². The highest BCUT2D eigenvalue weighted by molar-refractivity contribution is 7.89. The highest BCUT2D eigenvalue weighted by atomic mass is 32.2. The van der Waals surface area contributed by atoms with Gasteiger partial charge in [-0.1, -0.05) is 0 Å². The van der Waals surface area contributed by atoms with E-state index in [9.17, 15) is 13.2 Å². The van der Waals surface area contributed by atoms with E-state index in [0.29, 0.717) is 37.6 Å².